The molecule has 0 saturated carbocycles. The lowest BCUT2D eigenvalue weighted by Gasteiger charge is -2.18. The summed E-state index contributed by atoms with van der Waals surface area (Å²) < 4.78 is 44.9. The number of hydrogen-bond donors (Lipinski definition) is 1. The summed E-state index contributed by atoms with van der Waals surface area (Å²) >= 11 is 0. The minimum Gasteiger partial charge on any atom is -0.493 e. The minimum absolute atomic E-state index is 0.173. The van der Waals surface area contributed by atoms with Crippen molar-refractivity contribution in [3.05, 3.63) is 59.4 Å². The molecule has 2 aromatic carbocycles. The fourth-order valence-corrected chi connectivity index (χ4v) is 3.08. The van der Waals surface area contributed by atoms with Gasteiger partial charge in [0.1, 0.15) is 11.6 Å². The fraction of sp³-hybridized carbons (Fsp3) is 0.263. The van der Waals surface area contributed by atoms with E-state index in [0.717, 1.165) is 23.3 Å². The van der Waals surface area contributed by atoms with Crippen molar-refractivity contribution in [3.8, 4) is 5.75 Å². The van der Waals surface area contributed by atoms with Crippen LogP contribution in [0.25, 0.3) is 10.9 Å². The third kappa shape index (κ3) is 3.05. The highest BCUT2D eigenvalue weighted by Crippen LogP contribution is 2.33. The van der Waals surface area contributed by atoms with Gasteiger partial charge in [-0.25, -0.2) is 9.97 Å². The molecule has 0 saturated heterocycles. The molecule has 26 heavy (non-hydrogen) atoms. The predicted molar refractivity (Wildman–Crippen MR) is 92.2 cm³/mol. The Morgan fingerprint density at radius 2 is 1.92 bits per heavy atom. The number of nitrogens with zero attached hydrogens (tertiary/aromatic N) is 2. The highest BCUT2D eigenvalue weighted by Gasteiger charge is 2.35. The van der Waals surface area contributed by atoms with Gasteiger partial charge in [0, 0.05) is 17.8 Å². The SMILES string of the molecule is C[C@@H](Nc1nc(C(F)(F)F)nc2ccccc12)c1ccc2c(c1)CCO2. The van der Waals surface area contributed by atoms with Crippen molar-refractivity contribution in [1.29, 1.82) is 0 Å². The van der Waals surface area contributed by atoms with E-state index in [1.165, 1.54) is 0 Å². The van der Waals surface area contributed by atoms with E-state index in [1.54, 1.807) is 24.3 Å². The first-order chi connectivity index (χ1) is 12.4. The van der Waals surface area contributed by atoms with Crippen LogP contribution < -0.4 is 10.1 Å². The van der Waals surface area contributed by atoms with E-state index in [1.807, 2.05) is 25.1 Å². The summed E-state index contributed by atoms with van der Waals surface area (Å²) in [6.45, 7) is 2.55. The van der Waals surface area contributed by atoms with E-state index < -0.39 is 12.0 Å². The molecule has 1 N–H and O–H groups in total. The molecule has 0 fully saturated rings. The van der Waals surface area contributed by atoms with Gasteiger partial charge in [0.05, 0.1) is 12.1 Å². The number of para-hydroxylation sites is 1. The molecular weight excluding hydrogens is 343 g/mol. The quantitative estimate of drug-likeness (QED) is 0.733. The normalized spacial score (nSPS) is 14.8. The highest BCUT2D eigenvalue weighted by atomic mass is 19.4. The first-order valence-electron chi connectivity index (χ1n) is 8.28. The van der Waals surface area contributed by atoms with Gasteiger partial charge in [-0.15, -0.1) is 0 Å². The number of halogens is 3. The molecule has 0 radical (unpaired) electrons. The smallest absolute Gasteiger partial charge is 0.451 e. The third-order valence-corrected chi connectivity index (χ3v) is 4.42. The Balaban J connectivity index is 1.72. The van der Waals surface area contributed by atoms with Crippen LogP contribution in [0.3, 0.4) is 0 Å². The van der Waals surface area contributed by atoms with Gasteiger partial charge in [-0.05, 0) is 42.3 Å². The molecule has 0 unspecified atom stereocenters. The van der Waals surface area contributed by atoms with Crippen molar-refractivity contribution >= 4 is 16.7 Å². The maximum atomic E-state index is 13.1. The van der Waals surface area contributed by atoms with Crippen molar-refractivity contribution in [2.45, 2.75) is 25.6 Å². The van der Waals surface area contributed by atoms with Gasteiger partial charge < -0.3 is 10.1 Å². The zero-order chi connectivity index (χ0) is 18.3. The molecule has 1 atom stereocenters. The molecule has 7 heteroatoms. The Hall–Kier alpha value is -2.83. The van der Waals surface area contributed by atoms with Gasteiger partial charge in [-0.1, -0.05) is 18.2 Å². The second-order valence-corrected chi connectivity index (χ2v) is 6.24. The molecule has 0 spiro atoms. The largest absolute Gasteiger partial charge is 0.493 e. The number of ether oxygens (including phenoxy) is 1. The molecule has 1 aliphatic rings. The molecule has 1 aromatic heterocycles. The average molecular weight is 359 g/mol. The van der Waals surface area contributed by atoms with Crippen molar-refractivity contribution in [1.82, 2.24) is 9.97 Å². The number of hydrogen-bond acceptors (Lipinski definition) is 4. The van der Waals surface area contributed by atoms with E-state index in [0.29, 0.717) is 12.0 Å². The lowest BCUT2D eigenvalue weighted by atomic mass is 10.0. The van der Waals surface area contributed by atoms with Crippen LogP contribution in [-0.2, 0) is 12.6 Å². The Kier molecular flexibility index (Phi) is 3.94. The number of nitrogens with one attached hydrogen (secondary N) is 1. The van der Waals surface area contributed by atoms with Gasteiger partial charge in [-0.2, -0.15) is 13.2 Å². The summed E-state index contributed by atoms with van der Waals surface area (Å²) in [5.41, 5.74) is 2.33. The zero-order valence-electron chi connectivity index (χ0n) is 14.0. The maximum Gasteiger partial charge on any atom is 0.451 e. The molecule has 0 bridgehead atoms. The van der Waals surface area contributed by atoms with Crippen molar-refractivity contribution in [2.75, 3.05) is 11.9 Å². The summed E-state index contributed by atoms with van der Waals surface area (Å²) in [6.07, 6.45) is -3.76. The summed E-state index contributed by atoms with van der Waals surface area (Å²) in [6, 6.07) is 12.3. The van der Waals surface area contributed by atoms with Crippen molar-refractivity contribution < 1.29 is 17.9 Å². The third-order valence-electron chi connectivity index (χ3n) is 4.42. The van der Waals surface area contributed by atoms with Gasteiger partial charge in [0.2, 0.25) is 5.82 Å². The topological polar surface area (TPSA) is 47.0 Å². The van der Waals surface area contributed by atoms with Crippen LogP contribution in [0.2, 0.25) is 0 Å². The van der Waals surface area contributed by atoms with Crippen LogP contribution in [-0.4, -0.2) is 16.6 Å². The second kappa shape index (κ2) is 6.16. The molecule has 3 aromatic rings. The van der Waals surface area contributed by atoms with E-state index in [4.69, 9.17) is 4.74 Å². The van der Waals surface area contributed by atoms with Crippen molar-refractivity contribution in [3.63, 3.8) is 0 Å². The van der Waals surface area contributed by atoms with E-state index in [-0.39, 0.29) is 17.4 Å². The zero-order valence-corrected chi connectivity index (χ0v) is 14.0. The Morgan fingerprint density at radius 1 is 1.12 bits per heavy atom. The predicted octanol–water partition coefficient (Wildman–Crippen LogP) is 4.76. The lowest BCUT2D eigenvalue weighted by molar-refractivity contribution is -0.144. The van der Waals surface area contributed by atoms with Crippen LogP contribution in [0.1, 0.15) is 29.9 Å². The lowest BCUT2D eigenvalue weighted by Crippen LogP contribution is -2.15. The Bertz CT molecular complexity index is 972. The van der Waals surface area contributed by atoms with Gasteiger partial charge >= 0.3 is 6.18 Å². The fourth-order valence-electron chi connectivity index (χ4n) is 3.08. The van der Waals surface area contributed by atoms with Crippen molar-refractivity contribution in [2.24, 2.45) is 0 Å². The Labute approximate surface area is 148 Å². The number of rotatable bonds is 3. The number of anilines is 1. The molecule has 2 heterocycles. The molecule has 0 amide bonds. The number of benzene rings is 2. The van der Waals surface area contributed by atoms with Gasteiger partial charge in [-0.3, -0.25) is 0 Å². The van der Waals surface area contributed by atoms with Crippen LogP contribution in [0.4, 0.5) is 19.0 Å². The molecule has 4 nitrogen and oxygen atoms in total. The second-order valence-electron chi connectivity index (χ2n) is 6.24. The molecule has 134 valence electrons. The van der Waals surface area contributed by atoms with Crippen LogP contribution in [0.5, 0.6) is 5.75 Å². The number of aromatic nitrogens is 2. The van der Waals surface area contributed by atoms with Gasteiger partial charge in [0.25, 0.3) is 0 Å². The monoisotopic (exact) mass is 359 g/mol. The van der Waals surface area contributed by atoms with Crippen LogP contribution >= 0.6 is 0 Å². The first kappa shape index (κ1) is 16.6. The maximum absolute atomic E-state index is 13.1. The van der Waals surface area contributed by atoms with E-state index >= 15 is 0 Å². The summed E-state index contributed by atoms with van der Waals surface area (Å²) in [5.74, 6) is -0.103. The Morgan fingerprint density at radius 3 is 2.73 bits per heavy atom. The van der Waals surface area contributed by atoms with Crippen LogP contribution in [0, 0.1) is 0 Å². The number of fused-ring (bicyclic) bond motifs is 2. The summed E-state index contributed by atoms with van der Waals surface area (Å²) in [4.78, 5) is 7.38. The van der Waals surface area contributed by atoms with Crippen LogP contribution in [0.15, 0.2) is 42.5 Å². The summed E-state index contributed by atoms with van der Waals surface area (Å²) in [5, 5.41) is 3.67. The standard InChI is InChI=1S/C19H16F3N3O/c1-11(12-6-7-16-13(10-12)8-9-26-16)23-17-14-4-2-3-5-15(14)24-18(25-17)19(20,21)22/h2-7,10-11H,8-9H2,1H3,(H,23,24,25)/t11-/m1/s1. The van der Waals surface area contributed by atoms with E-state index in [2.05, 4.69) is 15.3 Å². The highest BCUT2D eigenvalue weighted by molar-refractivity contribution is 5.89. The molecule has 4 rings (SSSR count). The number of alkyl halides is 3. The minimum atomic E-state index is -4.60. The molecular formula is C19H16F3N3O. The summed E-state index contributed by atoms with van der Waals surface area (Å²) in [7, 11) is 0. The van der Waals surface area contributed by atoms with Gasteiger partial charge in [0.15, 0.2) is 0 Å². The molecule has 0 aliphatic carbocycles. The molecule has 1 aliphatic heterocycles. The first-order valence-corrected chi connectivity index (χ1v) is 8.28. The van der Waals surface area contributed by atoms with E-state index in [9.17, 15) is 13.2 Å². The average Bonchev–Trinajstić information content (AvgIpc) is 3.08.